The maximum Gasteiger partial charge on any atom is 0.222 e. The van der Waals surface area contributed by atoms with E-state index in [4.69, 9.17) is 4.74 Å². The Morgan fingerprint density at radius 1 is 1.20 bits per heavy atom. The Morgan fingerprint density at radius 3 is 2.44 bits per heavy atom. The van der Waals surface area contributed by atoms with Crippen LogP contribution in [0.15, 0.2) is 30.3 Å². The Morgan fingerprint density at radius 2 is 1.88 bits per heavy atom. The van der Waals surface area contributed by atoms with Crippen LogP contribution in [0, 0.1) is 19.8 Å². The van der Waals surface area contributed by atoms with Crippen molar-refractivity contribution in [3.63, 3.8) is 0 Å². The second kappa shape index (κ2) is 8.81. The third-order valence-corrected chi connectivity index (χ3v) is 3.95. The third kappa shape index (κ3) is 5.71. The number of benzene rings is 1. The Kier molecular flexibility index (Phi) is 6.76. The molecule has 1 atom stereocenters. The number of nitrogens with one attached hydrogen (secondary N) is 1. The van der Waals surface area contributed by atoms with E-state index in [2.05, 4.69) is 30.3 Å². The van der Waals surface area contributed by atoms with E-state index in [9.17, 15) is 4.79 Å². The molecule has 0 radical (unpaired) electrons. The lowest BCUT2D eigenvalue weighted by molar-refractivity contribution is -0.122. The van der Waals surface area contributed by atoms with Gasteiger partial charge in [-0.05, 0) is 50.5 Å². The van der Waals surface area contributed by atoms with Crippen LogP contribution in [0.1, 0.15) is 50.2 Å². The van der Waals surface area contributed by atoms with Gasteiger partial charge in [-0.15, -0.1) is 0 Å². The molecule has 2 rings (SSSR count). The van der Waals surface area contributed by atoms with Crippen LogP contribution in [0.5, 0.6) is 0 Å². The molecule has 1 aromatic carbocycles. The molecule has 1 unspecified atom stereocenters. The van der Waals surface area contributed by atoms with Crippen molar-refractivity contribution in [3.8, 4) is 5.69 Å². The van der Waals surface area contributed by atoms with Crippen LogP contribution in [-0.4, -0.2) is 28.9 Å². The highest BCUT2D eigenvalue weighted by atomic mass is 16.5. The van der Waals surface area contributed by atoms with Crippen LogP contribution < -0.4 is 5.32 Å². The van der Waals surface area contributed by atoms with Crippen molar-refractivity contribution < 1.29 is 9.53 Å². The number of ether oxygens (including phenoxy) is 1. The van der Waals surface area contributed by atoms with Crippen molar-refractivity contribution in [3.05, 3.63) is 47.3 Å². The summed E-state index contributed by atoms with van der Waals surface area (Å²) in [5, 5.41) is 7.51. The molecule has 0 saturated carbocycles. The predicted octanol–water partition coefficient (Wildman–Crippen LogP) is 3.73. The highest BCUT2D eigenvalue weighted by Gasteiger charge is 2.10. The normalized spacial score (nSPS) is 12.4. The molecule has 0 aliphatic heterocycles. The zero-order chi connectivity index (χ0) is 18.4. The number of hydrogen-bond acceptors (Lipinski definition) is 3. The number of rotatable bonds is 8. The minimum Gasteiger partial charge on any atom is -0.381 e. The first-order chi connectivity index (χ1) is 11.9. The van der Waals surface area contributed by atoms with Crippen LogP contribution in [-0.2, 0) is 9.53 Å². The van der Waals surface area contributed by atoms with Gasteiger partial charge in [-0.3, -0.25) is 4.79 Å². The largest absolute Gasteiger partial charge is 0.381 e. The van der Waals surface area contributed by atoms with E-state index in [1.54, 1.807) is 0 Å². The molecule has 0 fully saturated rings. The van der Waals surface area contributed by atoms with Gasteiger partial charge >= 0.3 is 0 Å². The Hall–Kier alpha value is -2.14. The maximum absolute atomic E-state index is 12.0. The molecule has 0 aliphatic carbocycles. The summed E-state index contributed by atoms with van der Waals surface area (Å²) in [5.74, 6) is 0.501. The lowest BCUT2D eigenvalue weighted by Gasteiger charge is -2.15. The predicted molar refractivity (Wildman–Crippen MR) is 99.9 cm³/mol. The summed E-state index contributed by atoms with van der Waals surface area (Å²) >= 11 is 0. The van der Waals surface area contributed by atoms with E-state index >= 15 is 0 Å². The van der Waals surface area contributed by atoms with Gasteiger partial charge in [-0.25, -0.2) is 4.68 Å². The third-order valence-electron chi connectivity index (χ3n) is 3.95. The SMILES string of the molecule is Cc1cc(C)n(-c2ccc(C(C)NC(=O)CCOCC(C)C)cc2)n1. The smallest absolute Gasteiger partial charge is 0.222 e. The van der Waals surface area contributed by atoms with Crippen molar-refractivity contribution in [1.29, 1.82) is 0 Å². The van der Waals surface area contributed by atoms with E-state index in [-0.39, 0.29) is 11.9 Å². The summed E-state index contributed by atoms with van der Waals surface area (Å²) in [5.41, 5.74) is 4.20. The van der Waals surface area contributed by atoms with Gasteiger partial charge < -0.3 is 10.1 Å². The van der Waals surface area contributed by atoms with E-state index in [0.717, 1.165) is 22.6 Å². The standard InChI is InChI=1S/C20H29N3O2/c1-14(2)13-25-11-10-20(24)21-17(5)18-6-8-19(9-7-18)23-16(4)12-15(3)22-23/h6-9,12,14,17H,10-11,13H2,1-5H3,(H,21,24). The fourth-order valence-electron chi connectivity index (χ4n) is 2.68. The number of carbonyl (C=O) groups excluding carboxylic acids is 1. The summed E-state index contributed by atoms with van der Waals surface area (Å²) < 4.78 is 7.39. The van der Waals surface area contributed by atoms with Crippen LogP contribution in [0.2, 0.25) is 0 Å². The number of hydrogen-bond donors (Lipinski definition) is 1. The fraction of sp³-hybridized carbons (Fsp3) is 0.500. The van der Waals surface area contributed by atoms with Crippen LogP contribution in [0.4, 0.5) is 0 Å². The van der Waals surface area contributed by atoms with Gasteiger partial charge in [-0.1, -0.05) is 26.0 Å². The molecule has 1 heterocycles. The zero-order valence-electron chi connectivity index (χ0n) is 15.9. The van der Waals surface area contributed by atoms with Gasteiger partial charge in [0.05, 0.1) is 24.0 Å². The van der Waals surface area contributed by atoms with E-state index in [1.165, 1.54) is 0 Å². The van der Waals surface area contributed by atoms with Crippen LogP contribution in [0.3, 0.4) is 0 Å². The van der Waals surface area contributed by atoms with E-state index in [1.807, 2.05) is 49.7 Å². The number of nitrogens with zero attached hydrogens (tertiary/aromatic N) is 2. The molecule has 1 N–H and O–H groups in total. The first-order valence-electron chi connectivity index (χ1n) is 8.87. The summed E-state index contributed by atoms with van der Waals surface area (Å²) in [7, 11) is 0. The topological polar surface area (TPSA) is 56.2 Å². The van der Waals surface area contributed by atoms with Crippen LogP contribution in [0.25, 0.3) is 5.69 Å². The average molecular weight is 343 g/mol. The van der Waals surface area contributed by atoms with Crippen molar-refractivity contribution in [1.82, 2.24) is 15.1 Å². The lowest BCUT2D eigenvalue weighted by Crippen LogP contribution is -2.27. The van der Waals surface area contributed by atoms with Crippen molar-refractivity contribution in [2.24, 2.45) is 5.92 Å². The first kappa shape index (κ1) is 19.2. The van der Waals surface area contributed by atoms with Crippen molar-refractivity contribution in [2.75, 3.05) is 13.2 Å². The van der Waals surface area contributed by atoms with Gasteiger partial charge in [-0.2, -0.15) is 5.10 Å². The van der Waals surface area contributed by atoms with Crippen LogP contribution >= 0.6 is 0 Å². The molecule has 25 heavy (non-hydrogen) atoms. The molecule has 136 valence electrons. The number of carbonyl (C=O) groups is 1. The lowest BCUT2D eigenvalue weighted by atomic mass is 10.1. The molecule has 0 bridgehead atoms. The molecule has 1 aromatic heterocycles. The van der Waals surface area contributed by atoms with E-state index in [0.29, 0.717) is 25.6 Å². The molecule has 1 amide bonds. The highest BCUT2D eigenvalue weighted by molar-refractivity contribution is 5.76. The van der Waals surface area contributed by atoms with Gasteiger partial charge in [0.25, 0.3) is 0 Å². The molecule has 5 heteroatoms. The number of aromatic nitrogens is 2. The average Bonchev–Trinajstić information content (AvgIpc) is 2.90. The second-order valence-electron chi connectivity index (χ2n) is 6.94. The monoisotopic (exact) mass is 343 g/mol. The summed E-state index contributed by atoms with van der Waals surface area (Å²) in [4.78, 5) is 12.0. The Labute approximate surface area is 150 Å². The van der Waals surface area contributed by atoms with Crippen molar-refractivity contribution >= 4 is 5.91 Å². The minimum absolute atomic E-state index is 0.0129. The summed E-state index contributed by atoms with van der Waals surface area (Å²) in [6.45, 7) is 11.4. The molecule has 2 aromatic rings. The van der Waals surface area contributed by atoms with Gasteiger partial charge in [0.2, 0.25) is 5.91 Å². The second-order valence-corrected chi connectivity index (χ2v) is 6.94. The quantitative estimate of drug-likeness (QED) is 0.743. The number of aryl methyl sites for hydroxylation is 2. The highest BCUT2D eigenvalue weighted by Crippen LogP contribution is 2.17. The molecule has 0 saturated heterocycles. The fourth-order valence-corrected chi connectivity index (χ4v) is 2.68. The molecular weight excluding hydrogens is 314 g/mol. The number of amides is 1. The van der Waals surface area contributed by atoms with Gasteiger partial charge in [0.1, 0.15) is 0 Å². The first-order valence-corrected chi connectivity index (χ1v) is 8.87. The van der Waals surface area contributed by atoms with Gasteiger partial charge in [0, 0.05) is 18.7 Å². The molecule has 5 nitrogen and oxygen atoms in total. The van der Waals surface area contributed by atoms with E-state index < -0.39 is 0 Å². The van der Waals surface area contributed by atoms with Crippen molar-refractivity contribution in [2.45, 2.75) is 47.1 Å². The summed E-state index contributed by atoms with van der Waals surface area (Å²) in [6, 6.07) is 10.1. The Balaban J connectivity index is 1.88. The molecule has 0 aliphatic rings. The zero-order valence-corrected chi connectivity index (χ0v) is 15.9. The molecular formula is C20H29N3O2. The minimum atomic E-state index is -0.0351. The maximum atomic E-state index is 12.0. The Bertz CT molecular complexity index is 689. The summed E-state index contributed by atoms with van der Waals surface area (Å²) in [6.07, 6.45) is 0.390. The molecule has 0 spiro atoms. The van der Waals surface area contributed by atoms with Gasteiger partial charge in [0.15, 0.2) is 0 Å².